The van der Waals surface area contributed by atoms with Gasteiger partial charge in [-0.1, -0.05) is 0 Å². The van der Waals surface area contributed by atoms with E-state index in [4.69, 9.17) is 35.3 Å². The molecule has 27 heavy (non-hydrogen) atoms. The summed E-state index contributed by atoms with van der Waals surface area (Å²) in [4.78, 5) is 14.7. The summed E-state index contributed by atoms with van der Waals surface area (Å²) in [6.45, 7) is 9.54. The fraction of sp³-hybridized carbons (Fsp3) is 0.947. The van der Waals surface area contributed by atoms with E-state index < -0.39 is 17.2 Å². The number of hydrogen-bond donors (Lipinski definition) is 0. The lowest BCUT2D eigenvalue weighted by Gasteiger charge is -2.58. The number of alkyl halides is 1. The number of amides is 1. The third-order valence-electron chi connectivity index (χ3n) is 6.24. The first-order valence-electron chi connectivity index (χ1n) is 9.48. The minimum absolute atomic E-state index is 0.0821. The fourth-order valence-electron chi connectivity index (χ4n) is 4.30. The Hall–Kier alpha value is -0.600. The first-order chi connectivity index (χ1) is 12.5. The van der Waals surface area contributed by atoms with Crippen LogP contribution in [0.4, 0.5) is 4.79 Å². The highest BCUT2D eigenvalue weighted by Crippen LogP contribution is 2.56. The summed E-state index contributed by atoms with van der Waals surface area (Å²) in [5.74, 6) is -1.93. The van der Waals surface area contributed by atoms with Gasteiger partial charge < -0.3 is 23.7 Å². The van der Waals surface area contributed by atoms with Crippen LogP contribution in [0.25, 0.3) is 0 Å². The number of nitrogens with zero attached hydrogens (tertiary/aromatic N) is 1. The van der Waals surface area contributed by atoms with Gasteiger partial charge in [-0.3, -0.25) is 4.90 Å². The first-order valence-corrected chi connectivity index (χ1v) is 10.0. The Morgan fingerprint density at radius 2 is 1.70 bits per heavy atom. The Balaban J connectivity index is 1.92. The summed E-state index contributed by atoms with van der Waals surface area (Å²) in [5.41, 5.74) is -0.913. The van der Waals surface area contributed by atoms with Gasteiger partial charge in [0.05, 0.1) is 18.2 Å². The number of ether oxygens (including phenoxy) is 5. The maximum absolute atomic E-state index is 12.9. The molecule has 1 amide bonds. The van der Waals surface area contributed by atoms with Crippen molar-refractivity contribution in [1.82, 2.24) is 4.90 Å². The molecule has 156 valence electrons. The van der Waals surface area contributed by atoms with Crippen LogP contribution < -0.4 is 0 Å². The standard InChI is InChI=1S/C19H32ClNO6/c1-16(2,3)27-15(22)21-11-13-14(12(10-20)19(21)8-9-19)26-18(5,24-7)17(4,23-6)25-13/h12-14H,8-11H2,1-7H3/t12-,13-,14-,17+,18+/m1/s1. The first kappa shape index (κ1) is 21.1. The van der Waals surface area contributed by atoms with Crippen molar-refractivity contribution in [2.45, 2.75) is 82.4 Å². The Kier molecular flexibility index (Phi) is 5.26. The summed E-state index contributed by atoms with van der Waals surface area (Å²) in [6, 6.07) is 0. The zero-order valence-corrected chi connectivity index (χ0v) is 18.1. The largest absolute Gasteiger partial charge is 0.444 e. The molecular weight excluding hydrogens is 374 g/mol. The van der Waals surface area contributed by atoms with E-state index in [2.05, 4.69) is 0 Å². The highest BCUT2D eigenvalue weighted by Gasteiger charge is 2.68. The zero-order chi connectivity index (χ0) is 20.3. The predicted molar refractivity (Wildman–Crippen MR) is 99.7 cm³/mol. The van der Waals surface area contributed by atoms with Gasteiger partial charge in [0, 0.05) is 26.0 Å². The number of fused-ring (bicyclic) bond motifs is 1. The molecule has 0 bridgehead atoms. The lowest BCUT2D eigenvalue weighted by atomic mass is 9.82. The molecule has 1 saturated carbocycles. The molecule has 3 rings (SSSR count). The SMILES string of the molecule is CO[C@@]1(C)O[C@@H]2[C@@H](CCl)C3(CC3)N(C(=O)OC(C)(C)C)C[C@H]2O[C@]1(C)OC. The summed E-state index contributed by atoms with van der Waals surface area (Å²) < 4.78 is 29.6. The highest BCUT2D eigenvalue weighted by molar-refractivity contribution is 6.18. The van der Waals surface area contributed by atoms with Gasteiger partial charge in [0.2, 0.25) is 11.6 Å². The van der Waals surface area contributed by atoms with Gasteiger partial charge in [-0.05, 0) is 47.5 Å². The second-order valence-electron chi connectivity index (χ2n) is 8.99. The molecule has 2 saturated heterocycles. The molecule has 3 aliphatic rings. The second kappa shape index (κ2) is 6.73. The summed E-state index contributed by atoms with van der Waals surface area (Å²) in [5, 5.41) is 0. The van der Waals surface area contributed by atoms with Crippen LogP contribution in [0.1, 0.15) is 47.5 Å². The number of methoxy groups -OCH3 is 2. The van der Waals surface area contributed by atoms with Crippen molar-refractivity contribution >= 4 is 17.7 Å². The molecule has 0 N–H and O–H groups in total. The molecule has 5 atom stereocenters. The van der Waals surface area contributed by atoms with E-state index in [9.17, 15) is 4.79 Å². The molecule has 1 spiro atoms. The van der Waals surface area contributed by atoms with Gasteiger partial charge >= 0.3 is 6.09 Å². The van der Waals surface area contributed by atoms with Gasteiger partial charge in [-0.25, -0.2) is 4.79 Å². The number of piperidine rings is 1. The van der Waals surface area contributed by atoms with Crippen molar-refractivity contribution in [3.05, 3.63) is 0 Å². The molecule has 3 fully saturated rings. The van der Waals surface area contributed by atoms with Crippen LogP contribution in [-0.2, 0) is 23.7 Å². The van der Waals surface area contributed by atoms with E-state index in [0.717, 1.165) is 12.8 Å². The Morgan fingerprint density at radius 1 is 1.15 bits per heavy atom. The summed E-state index contributed by atoms with van der Waals surface area (Å²) in [6.07, 6.45) is 0.733. The minimum Gasteiger partial charge on any atom is -0.444 e. The Morgan fingerprint density at radius 3 is 2.15 bits per heavy atom. The van der Waals surface area contributed by atoms with Gasteiger partial charge in [0.25, 0.3) is 0 Å². The molecule has 0 aromatic rings. The van der Waals surface area contributed by atoms with E-state index in [-0.39, 0.29) is 29.8 Å². The molecule has 8 heteroatoms. The fourth-order valence-corrected chi connectivity index (χ4v) is 4.76. The van der Waals surface area contributed by atoms with E-state index >= 15 is 0 Å². The lowest BCUT2D eigenvalue weighted by molar-refractivity contribution is -0.457. The smallest absolute Gasteiger partial charge is 0.410 e. The van der Waals surface area contributed by atoms with Crippen LogP contribution in [-0.4, -0.2) is 72.6 Å². The van der Waals surface area contributed by atoms with Gasteiger partial charge in [-0.2, -0.15) is 0 Å². The van der Waals surface area contributed by atoms with E-state index in [1.807, 2.05) is 20.8 Å². The van der Waals surface area contributed by atoms with Crippen LogP contribution >= 0.6 is 11.6 Å². The maximum Gasteiger partial charge on any atom is 0.410 e. The number of likely N-dealkylation sites (tertiary alicyclic amines) is 1. The van der Waals surface area contributed by atoms with Crippen LogP contribution in [0.15, 0.2) is 0 Å². The van der Waals surface area contributed by atoms with Crippen molar-refractivity contribution in [1.29, 1.82) is 0 Å². The van der Waals surface area contributed by atoms with Gasteiger partial charge in [-0.15, -0.1) is 11.6 Å². The quantitative estimate of drug-likeness (QED) is 0.672. The van der Waals surface area contributed by atoms with Crippen molar-refractivity contribution in [2.75, 3.05) is 26.6 Å². The molecule has 0 aromatic heterocycles. The average molecular weight is 406 g/mol. The molecule has 1 aliphatic carbocycles. The summed E-state index contributed by atoms with van der Waals surface area (Å²) in [7, 11) is 3.12. The van der Waals surface area contributed by atoms with Crippen LogP contribution in [0, 0.1) is 5.92 Å². The minimum atomic E-state index is -1.12. The van der Waals surface area contributed by atoms with Crippen molar-refractivity contribution in [2.24, 2.45) is 5.92 Å². The van der Waals surface area contributed by atoms with Crippen molar-refractivity contribution in [3.8, 4) is 0 Å². The van der Waals surface area contributed by atoms with Gasteiger partial charge in [0.1, 0.15) is 11.7 Å². The summed E-state index contributed by atoms with van der Waals surface area (Å²) >= 11 is 6.38. The third-order valence-corrected chi connectivity index (χ3v) is 6.57. The monoisotopic (exact) mass is 405 g/mol. The van der Waals surface area contributed by atoms with Crippen LogP contribution in [0.2, 0.25) is 0 Å². The molecular formula is C19H32ClNO6. The lowest BCUT2D eigenvalue weighted by Crippen LogP contribution is -2.73. The third kappa shape index (κ3) is 3.35. The molecule has 2 aliphatic heterocycles. The Bertz CT molecular complexity index is 591. The van der Waals surface area contributed by atoms with Gasteiger partial charge in [0.15, 0.2) is 0 Å². The second-order valence-corrected chi connectivity index (χ2v) is 9.30. The number of carbonyl (C=O) groups is 1. The highest BCUT2D eigenvalue weighted by atomic mass is 35.5. The van der Waals surface area contributed by atoms with E-state index in [0.29, 0.717) is 12.4 Å². The molecule has 7 nitrogen and oxygen atoms in total. The van der Waals surface area contributed by atoms with Crippen molar-refractivity contribution in [3.63, 3.8) is 0 Å². The average Bonchev–Trinajstić information content (AvgIpc) is 3.35. The Labute approximate surface area is 166 Å². The topological polar surface area (TPSA) is 66.5 Å². The maximum atomic E-state index is 12.9. The normalized spacial score (nSPS) is 40.6. The predicted octanol–water partition coefficient (Wildman–Crippen LogP) is 3.13. The van der Waals surface area contributed by atoms with E-state index in [1.54, 1.807) is 33.0 Å². The number of carbonyl (C=O) groups excluding carboxylic acids is 1. The molecule has 2 heterocycles. The zero-order valence-electron chi connectivity index (χ0n) is 17.3. The number of halogens is 1. The van der Waals surface area contributed by atoms with Crippen molar-refractivity contribution < 1.29 is 28.5 Å². The molecule has 0 aromatic carbocycles. The number of hydrogen-bond acceptors (Lipinski definition) is 6. The molecule has 0 unspecified atom stereocenters. The van der Waals surface area contributed by atoms with E-state index in [1.165, 1.54) is 0 Å². The van der Waals surface area contributed by atoms with Crippen LogP contribution in [0.3, 0.4) is 0 Å². The van der Waals surface area contributed by atoms with Crippen LogP contribution in [0.5, 0.6) is 0 Å². The number of rotatable bonds is 3. The molecule has 0 radical (unpaired) electrons.